The van der Waals surface area contributed by atoms with Crippen LogP contribution in [0.1, 0.15) is 11.1 Å². The molecule has 1 N–H and O–H groups in total. The molecule has 0 aromatic heterocycles. The van der Waals surface area contributed by atoms with Crippen molar-refractivity contribution in [3.8, 4) is 11.5 Å². The number of alkyl halides is 3. The third kappa shape index (κ3) is 4.60. The Morgan fingerprint density at radius 3 is 2.44 bits per heavy atom. The number of nitro benzene ring substituents is 1. The fourth-order valence-electron chi connectivity index (χ4n) is 1.99. The van der Waals surface area contributed by atoms with Crippen molar-refractivity contribution in [2.45, 2.75) is 12.6 Å². The highest BCUT2D eigenvalue weighted by Crippen LogP contribution is 2.37. The molecule has 0 amide bonds. The van der Waals surface area contributed by atoms with Crippen LogP contribution in [-0.4, -0.2) is 16.0 Å². The van der Waals surface area contributed by atoms with Gasteiger partial charge < -0.3 is 9.84 Å². The number of carboxylic acids is 1. The Morgan fingerprint density at radius 2 is 1.92 bits per heavy atom. The minimum Gasteiger partial charge on any atom is -0.481 e. The summed E-state index contributed by atoms with van der Waals surface area (Å²) in [5.41, 5.74) is -1.48. The van der Waals surface area contributed by atoms with Crippen LogP contribution in [0, 0.1) is 10.1 Å². The Bertz CT molecular complexity index is 838. The number of nitrogens with zero attached hydrogens (tertiary/aromatic N) is 1. The van der Waals surface area contributed by atoms with E-state index >= 15 is 0 Å². The second-order valence-corrected chi connectivity index (χ2v) is 5.27. The smallest absolute Gasteiger partial charge is 0.416 e. The summed E-state index contributed by atoms with van der Waals surface area (Å²) in [7, 11) is 0. The number of rotatable bonds is 5. The molecule has 0 saturated carbocycles. The minimum atomic E-state index is -4.57. The first kappa shape index (κ1) is 18.5. The van der Waals surface area contributed by atoms with Crippen LogP contribution in [0.25, 0.3) is 0 Å². The summed E-state index contributed by atoms with van der Waals surface area (Å²) in [4.78, 5) is 21.0. The number of carboxylic acid groups (broad SMARTS) is 1. The molecule has 132 valence electrons. The standard InChI is InChI=1S/C15H9ClF3NO5/c16-11-7-9(15(17,18)19)1-4-13(11)25-10-2-3-12(20(23)24)8(5-10)6-14(21)22/h1-5,7H,6H2,(H,21,22). The first-order chi connectivity index (χ1) is 11.6. The molecular weight excluding hydrogens is 367 g/mol. The van der Waals surface area contributed by atoms with Gasteiger partial charge in [-0.15, -0.1) is 0 Å². The predicted molar refractivity (Wildman–Crippen MR) is 81.0 cm³/mol. The van der Waals surface area contributed by atoms with Crippen molar-refractivity contribution >= 4 is 23.3 Å². The molecule has 25 heavy (non-hydrogen) atoms. The monoisotopic (exact) mass is 375 g/mol. The maximum Gasteiger partial charge on any atom is 0.416 e. The highest BCUT2D eigenvalue weighted by molar-refractivity contribution is 6.32. The van der Waals surface area contributed by atoms with Crippen molar-refractivity contribution in [2.24, 2.45) is 0 Å². The molecule has 0 bridgehead atoms. The SMILES string of the molecule is O=C(O)Cc1cc(Oc2ccc(C(F)(F)F)cc2Cl)ccc1[N+](=O)[O-]. The second kappa shape index (κ2) is 6.98. The van der Waals surface area contributed by atoms with Crippen molar-refractivity contribution < 1.29 is 32.7 Å². The van der Waals surface area contributed by atoms with Crippen molar-refractivity contribution in [1.82, 2.24) is 0 Å². The van der Waals surface area contributed by atoms with Crippen LogP contribution in [0.3, 0.4) is 0 Å². The average Bonchev–Trinajstić information content (AvgIpc) is 2.47. The third-order valence-electron chi connectivity index (χ3n) is 3.08. The predicted octanol–water partition coefficient (Wildman–Crippen LogP) is 4.69. The number of hydrogen-bond donors (Lipinski definition) is 1. The van der Waals surface area contributed by atoms with Gasteiger partial charge in [-0.3, -0.25) is 14.9 Å². The van der Waals surface area contributed by atoms with Crippen molar-refractivity contribution in [2.75, 3.05) is 0 Å². The van der Waals surface area contributed by atoms with Gasteiger partial charge >= 0.3 is 12.1 Å². The number of hydrogen-bond acceptors (Lipinski definition) is 4. The van der Waals surface area contributed by atoms with Gasteiger partial charge in [0, 0.05) is 11.6 Å². The van der Waals surface area contributed by atoms with Gasteiger partial charge in [0.2, 0.25) is 0 Å². The number of carbonyl (C=O) groups is 1. The summed E-state index contributed by atoms with van der Waals surface area (Å²) < 4.78 is 43.1. The van der Waals surface area contributed by atoms with E-state index in [4.69, 9.17) is 21.4 Å². The Hall–Kier alpha value is -2.81. The molecule has 0 aliphatic rings. The highest BCUT2D eigenvalue weighted by atomic mass is 35.5. The fourth-order valence-corrected chi connectivity index (χ4v) is 2.21. The zero-order chi connectivity index (χ0) is 18.8. The van der Waals surface area contributed by atoms with Crippen LogP contribution >= 0.6 is 11.6 Å². The summed E-state index contributed by atoms with van der Waals surface area (Å²) in [6.07, 6.45) is -5.18. The number of aliphatic carboxylic acids is 1. The molecular formula is C15H9ClF3NO5. The van der Waals surface area contributed by atoms with Crippen LogP contribution in [0.2, 0.25) is 5.02 Å². The molecule has 0 fully saturated rings. The number of ether oxygens (including phenoxy) is 1. The maximum absolute atomic E-state index is 12.6. The first-order valence-corrected chi connectivity index (χ1v) is 6.99. The van der Waals surface area contributed by atoms with E-state index in [2.05, 4.69) is 0 Å². The Labute approximate surface area is 143 Å². The van der Waals surface area contributed by atoms with E-state index in [1.165, 1.54) is 6.07 Å². The third-order valence-corrected chi connectivity index (χ3v) is 3.37. The summed E-state index contributed by atoms with van der Waals surface area (Å²) in [5.74, 6) is -1.39. The van der Waals surface area contributed by atoms with E-state index in [1.54, 1.807) is 0 Å². The maximum atomic E-state index is 12.6. The normalized spacial score (nSPS) is 11.2. The zero-order valence-electron chi connectivity index (χ0n) is 12.2. The lowest BCUT2D eigenvalue weighted by Crippen LogP contribution is -2.05. The zero-order valence-corrected chi connectivity index (χ0v) is 13.0. The topological polar surface area (TPSA) is 89.7 Å². The lowest BCUT2D eigenvalue weighted by molar-refractivity contribution is -0.385. The second-order valence-electron chi connectivity index (χ2n) is 4.86. The lowest BCUT2D eigenvalue weighted by Gasteiger charge is -2.11. The van der Waals surface area contributed by atoms with Gasteiger partial charge in [-0.05, 0) is 30.3 Å². The summed E-state index contributed by atoms with van der Waals surface area (Å²) in [5, 5.41) is 19.4. The van der Waals surface area contributed by atoms with Crippen molar-refractivity contribution in [3.63, 3.8) is 0 Å². The van der Waals surface area contributed by atoms with E-state index in [-0.39, 0.29) is 22.1 Å². The number of halogens is 4. The Balaban J connectivity index is 2.34. The molecule has 2 aromatic carbocycles. The van der Waals surface area contributed by atoms with Gasteiger partial charge in [-0.1, -0.05) is 11.6 Å². The molecule has 0 heterocycles. The van der Waals surface area contributed by atoms with Crippen LogP contribution in [0.15, 0.2) is 36.4 Å². The molecule has 6 nitrogen and oxygen atoms in total. The van der Waals surface area contributed by atoms with E-state index in [0.717, 1.165) is 24.3 Å². The molecule has 2 aromatic rings. The van der Waals surface area contributed by atoms with E-state index in [1.807, 2.05) is 0 Å². The number of nitro groups is 1. The average molecular weight is 376 g/mol. The highest BCUT2D eigenvalue weighted by Gasteiger charge is 2.31. The molecule has 10 heteroatoms. The number of benzene rings is 2. The van der Waals surface area contributed by atoms with Crippen molar-refractivity contribution in [1.29, 1.82) is 0 Å². The Morgan fingerprint density at radius 1 is 1.24 bits per heavy atom. The molecule has 2 rings (SSSR count). The van der Waals surface area contributed by atoms with Crippen LogP contribution in [0.4, 0.5) is 18.9 Å². The summed E-state index contributed by atoms with van der Waals surface area (Å²) in [6, 6.07) is 5.82. The van der Waals surface area contributed by atoms with Gasteiger partial charge in [0.25, 0.3) is 5.69 Å². The summed E-state index contributed by atoms with van der Waals surface area (Å²) >= 11 is 5.76. The van der Waals surface area contributed by atoms with E-state index in [0.29, 0.717) is 6.07 Å². The van der Waals surface area contributed by atoms with Crippen molar-refractivity contribution in [3.05, 3.63) is 62.7 Å². The quantitative estimate of drug-likeness (QED) is 0.605. The molecule has 0 aliphatic carbocycles. The lowest BCUT2D eigenvalue weighted by atomic mass is 10.1. The Kier molecular flexibility index (Phi) is 5.17. The molecule has 0 atom stereocenters. The van der Waals surface area contributed by atoms with Gasteiger partial charge in [0.15, 0.2) is 0 Å². The molecule has 0 aliphatic heterocycles. The van der Waals surface area contributed by atoms with Gasteiger partial charge in [-0.2, -0.15) is 13.2 Å². The minimum absolute atomic E-state index is 0.00325. The largest absolute Gasteiger partial charge is 0.481 e. The molecule has 0 spiro atoms. The fraction of sp³-hybridized carbons (Fsp3) is 0.133. The summed E-state index contributed by atoms with van der Waals surface area (Å²) in [6.45, 7) is 0. The van der Waals surface area contributed by atoms with E-state index < -0.39 is 34.7 Å². The molecule has 0 unspecified atom stereocenters. The molecule has 0 radical (unpaired) electrons. The van der Waals surface area contributed by atoms with Crippen LogP contribution < -0.4 is 4.74 Å². The van der Waals surface area contributed by atoms with Crippen LogP contribution in [0.5, 0.6) is 11.5 Å². The van der Waals surface area contributed by atoms with Crippen LogP contribution in [-0.2, 0) is 17.4 Å². The van der Waals surface area contributed by atoms with E-state index in [9.17, 15) is 28.1 Å². The first-order valence-electron chi connectivity index (χ1n) is 6.61. The molecule has 0 saturated heterocycles. The van der Waals surface area contributed by atoms with Gasteiger partial charge in [0.05, 0.1) is 21.9 Å². The van der Waals surface area contributed by atoms with Gasteiger partial charge in [-0.25, -0.2) is 0 Å². The van der Waals surface area contributed by atoms with Gasteiger partial charge in [0.1, 0.15) is 11.5 Å².